The third-order valence-corrected chi connectivity index (χ3v) is 6.84. The second-order valence-electron chi connectivity index (χ2n) is 4.60. The zero-order valence-corrected chi connectivity index (χ0v) is 14.0. The summed E-state index contributed by atoms with van der Waals surface area (Å²) in [5.74, 6) is 0. The summed E-state index contributed by atoms with van der Waals surface area (Å²) >= 11 is 1.36. The third-order valence-electron chi connectivity index (χ3n) is 3.33. The number of halogens is 1. The molecule has 0 saturated carbocycles. The number of sulfonamides is 1. The van der Waals surface area contributed by atoms with E-state index in [4.69, 9.17) is 0 Å². The number of nitrogens with one attached hydrogen (secondary N) is 1. The predicted molar refractivity (Wildman–Crippen MR) is 90.4 cm³/mol. The lowest BCUT2D eigenvalue weighted by molar-refractivity contribution is 0.592. The number of para-hydroxylation sites is 2. The van der Waals surface area contributed by atoms with Gasteiger partial charge in [-0.25, -0.2) is 8.42 Å². The zero-order chi connectivity index (χ0) is 14.2. The van der Waals surface area contributed by atoms with E-state index in [1.807, 2.05) is 37.3 Å². The molecule has 0 aliphatic carbocycles. The second-order valence-corrected chi connectivity index (χ2v) is 7.85. The van der Waals surface area contributed by atoms with Gasteiger partial charge in [0, 0.05) is 11.4 Å². The first kappa shape index (κ1) is 16.1. The van der Waals surface area contributed by atoms with Gasteiger partial charge < -0.3 is 5.32 Å². The molecule has 0 atom stereocenters. The van der Waals surface area contributed by atoms with Crippen LogP contribution in [0, 0.1) is 0 Å². The molecule has 4 nitrogen and oxygen atoms in total. The average Bonchev–Trinajstić information content (AvgIpc) is 2.96. The van der Waals surface area contributed by atoms with E-state index in [1.165, 1.54) is 15.6 Å². The fourth-order valence-corrected chi connectivity index (χ4v) is 5.19. The highest BCUT2D eigenvalue weighted by Gasteiger charge is 2.29. The maximum Gasteiger partial charge on any atom is 0.273 e. The van der Waals surface area contributed by atoms with Crippen LogP contribution < -0.4 is 9.62 Å². The Kier molecular flexibility index (Phi) is 4.81. The van der Waals surface area contributed by atoms with Crippen LogP contribution in [0.1, 0.15) is 11.8 Å². The Hall–Kier alpha value is -1.24. The molecule has 21 heavy (non-hydrogen) atoms. The van der Waals surface area contributed by atoms with Gasteiger partial charge in [0.1, 0.15) is 4.21 Å². The van der Waals surface area contributed by atoms with E-state index >= 15 is 0 Å². The number of anilines is 2. The molecule has 1 aromatic heterocycles. The second kappa shape index (κ2) is 6.25. The molecule has 1 aromatic carbocycles. The molecule has 0 saturated heterocycles. The van der Waals surface area contributed by atoms with Crippen LogP contribution in [-0.2, 0) is 16.4 Å². The summed E-state index contributed by atoms with van der Waals surface area (Å²) in [6.07, 6.45) is 0.859. The van der Waals surface area contributed by atoms with E-state index in [-0.39, 0.29) is 12.4 Å². The Morgan fingerprint density at radius 3 is 2.71 bits per heavy atom. The number of hydrogen-bond donors (Lipinski definition) is 1. The van der Waals surface area contributed by atoms with Gasteiger partial charge in [0.2, 0.25) is 0 Å². The number of benzene rings is 1. The van der Waals surface area contributed by atoms with Crippen molar-refractivity contribution < 1.29 is 8.42 Å². The predicted octanol–water partition coefficient (Wildman–Crippen LogP) is 3.35. The third kappa shape index (κ3) is 2.88. The van der Waals surface area contributed by atoms with E-state index < -0.39 is 10.0 Å². The van der Waals surface area contributed by atoms with Crippen LogP contribution in [0.2, 0.25) is 0 Å². The minimum atomic E-state index is -3.45. The maximum atomic E-state index is 12.8. The van der Waals surface area contributed by atoms with Crippen molar-refractivity contribution in [1.82, 2.24) is 0 Å². The summed E-state index contributed by atoms with van der Waals surface area (Å²) < 4.78 is 27.5. The van der Waals surface area contributed by atoms with Crippen LogP contribution in [0.3, 0.4) is 0 Å². The van der Waals surface area contributed by atoms with Crippen molar-refractivity contribution in [2.24, 2.45) is 0 Å². The Labute approximate surface area is 135 Å². The molecule has 1 aliphatic heterocycles. The summed E-state index contributed by atoms with van der Waals surface area (Å²) in [5, 5.41) is 3.23. The van der Waals surface area contributed by atoms with Gasteiger partial charge in [-0.1, -0.05) is 19.1 Å². The molecule has 0 amide bonds. The van der Waals surface area contributed by atoms with Gasteiger partial charge in [0.15, 0.2) is 0 Å². The molecule has 0 radical (unpaired) electrons. The Morgan fingerprint density at radius 2 is 2.00 bits per heavy atom. The Balaban J connectivity index is 0.00000161. The monoisotopic (exact) mass is 344 g/mol. The minimum absolute atomic E-state index is 0. The number of nitrogens with zero attached hydrogens (tertiary/aromatic N) is 1. The van der Waals surface area contributed by atoms with Crippen molar-refractivity contribution in [3.63, 3.8) is 0 Å². The Morgan fingerprint density at radius 1 is 1.24 bits per heavy atom. The van der Waals surface area contributed by atoms with Crippen LogP contribution >= 0.6 is 23.7 Å². The van der Waals surface area contributed by atoms with Gasteiger partial charge >= 0.3 is 0 Å². The first-order chi connectivity index (χ1) is 9.63. The molecule has 0 unspecified atom stereocenters. The fraction of sp³-hybridized carbons (Fsp3) is 0.286. The molecule has 2 heterocycles. The van der Waals surface area contributed by atoms with Crippen molar-refractivity contribution in [2.75, 3.05) is 22.7 Å². The smallest absolute Gasteiger partial charge is 0.273 e. The molecule has 3 rings (SSSR count). The average molecular weight is 345 g/mol. The zero-order valence-electron chi connectivity index (χ0n) is 11.6. The van der Waals surface area contributed by atoms with Gasteiger partial charge in [0.05, 0.1) is 17.9 Å². The van der Waals surface area contributed by atoms with E-state index in [1.54, 1.807) is 6.07 Å². The number of fused-ring (bicyclic) bond motifs is 1. The normalized spacial score (nSPS) is 14.0. The van der Waals surface area contributed by atoms with Gasteiger partial charge in [0.25, 0.3) is 10.0 Å². The van der Waals surface area contributed by atoms with Gasteiger partial charge in [-0.15, -0.1) is 23.7 Å². The van der Waals surface area contributed by atoms with Crippen LogP contribution in [0.15, 0.2) is 40.6 Å². The fourth-order valence-electron chi connectivity index (χ4n) is 2.30. The van der Waals surface area contributed by atoms with Crippen LogP contribution in [0.4, 0.5) is 11.4 Å². The van der Waals surface area contributed by atoms with E-state index in [9.17, 15) is 8.42 Å². The molecule has 1 N–H and O–H groups in total. The molecular weight excluding hydrogens is 328 g/mol. The van der Waals surface area contributed by atoms with Crippen LogP contribution in [0.5, 0.6) is 0 Å². The highest BCUT2D eigenvalue weighted by atomic mass is 35.5. The molecule has 114 valence electrons. The summed E-state index contributed by atoms with van der Waals surface area (Å²) in [7, 11) is -3.45. The van der Waals surface area contributed by atoms with E-state index in [2.05, 4.69) is 5.32 Å². The lowest BCUT2D eigenvalue weighted by atomic mass is 10.2. The van der Waals surface area contributed by atoms with E-state index in [0.717, 1.165) is 22.7 Å². The first-order valence-corrected chi connectivity index (χ1v) is 8.83. The van der Waals surface area contributed by atoms with Crippen molar-refractivity contribution >= 4 is 45.1 Å². The van der Waals surface area contributed by atoms with Crippen LogP contribution in [0.25, 0.3) is 0 Å². The summed E-state index contributed by atoms with van der Waals surface area (Å²) in [6, 6.07) is 11.1. The lowest BCUT2D eigenvalue weighted by Crippen LogP contribution is -2.38. The molecular formula is C14H17ClN2O2S2. The van der Waals surface area contributed by atoms with E-state index in [0.29, 0.717) is 17.3 Å². The number of thiophene rings is 1. The van der Waals surface area contributed by atoms with Crippen molar-refractivity contribution in [1.29, 1.82) is 0 Å². The highest BCUT2D eigenvalue weighted by molar-refractivity contribution is 7.94. The molecule has 0 bridgehead atoms. The van der Waals surface area contributed by atoms with Crippen molar-refractivity contribution in [3.8, 4) is 0 Å². The first-order valence-electron chi connectivity index (χ1n) is 6.57. The molecule has 2 aromatic rings. The van der Waals surface area contributed by atoms with Gasteiger partial charge in [-0.3, -0.25) is 4.31 Å². The SMILES string of the molecule is CCc1ccc(S(=O)(=O)N2CCNc3ccccc32)s1.Cl. The Bertz CT molecular complexity index is 728. The maximum absolute atomic E-state index is 12.8. The van der Waals surface area contributed by atoms with Crippen LogP contribution in [-0.4, -0.2) is 21.5 Å². The molecule has 7 heteroatoms. The largest absolute Gasteiger partial charge is 0.382 e. The number of aryl methyl sites for hydroxylation is 1. The number of hydrogen-bond acceptors (Lipinski definition) is 4. The molecule has 0 fully saturated rings. The molecule has 1 aliphatic rings. The molecule has 0 spiro atoms. The number of rotatable bonds is 3. The van der Waals surface area contributed by atoms with Gasteiger partial charge in [-0.05, 0) is 30.7 Å². The minimum Gasteiger partial charge on any atom is -0.382 e. The standard InChI is InChI=1S/C14H16N2O2S2.ClH/c1-2-11-7-8-14(19-11)20(17,18)16-10-9-15-12-5-3-4-6-13(12)16;/h3-8,15H,2,9-10H2,1H3;1H. The van der Waals surface area contributed by atoms with Gasteiger partial charge in [-0.2, -0.15) is 0 Å². The topological polar surface area (TPSA) is 49.4 Å². The van der Waals surface area contributed by atoms with Crippen molar-refractivity contribution in [2.45, 2.75) is 17.6 Å². The summed E-state index contributed by atoms with van der Waals surface area (Å²) in [4.78, 5) is 1.09. The highest BCUT2D eigenvalue weighted by Crippen LogP contribution is 2.34. The van der Waals surface area contributed by atoms with Crippen molar-refractivity contribution in [3.05, 3.63) is 41.3 Å². The quantitative estimate of drug-likeness (QED) is 0.928. The summed E-state index contributed by atoms with van der Waals surface area (Å²) in [6.45, 7) is 3.11. The summed E-state index contributed by atoms with van der Waals surface area (Å²) in [5.41, 5.74) is 1.60. The lowest BCUT2D eigenvalue weighted by Gasteiger charge is -2.30.